The molecular formula is C18H24N4O. The lowest BCUT2D eigenvalue weighted by molar-refractivity contribution is 0.390. The number of benzene rings is 1. The van der Waals surface area contributed by atoms with Gasteiger partial charge in [0.25, 0.3) is 0 Å². The van der Waals surface area contributed by atoms with E-state index in [9.17, 15) is 0 Å². The lowest BCUT2D eigenvalue weighted by Crippen LogP contribution is -2.26. The van der Waals surface area contributed by atoms with Gasteiger partial charge in [-0.1, -0.05) is 0 Å². The molecule has 0 aliphatic carbocycles. The molecule has 0 radical (unpaired) electrons. The fourth-order valence-corrected chi connectivity index (χ4v) is 3.56. The molecule has 0 spiro atoms. The van der Waals surface area contributed by atoms with Gasteiger partial charge >= 0.3 is 0 Å². The molecule has 122 valence electrons. The number of oxazole rings is 1. The van der Waals surface area contributed by atoms with Gasteiger partial charge in [0, 0.05) is 30.1 Å². The summed E-state index contributed by atoms with van der Waals surface area (Å²) in [5, 5.41) is 4.70. The first-order valence-corrected chi connectivity index (χ1v) is 8.47. The number of hydrogen-bond acceptors (Lipinski definition) is 4. The zero-order valence-electron chi connectivity index (χ0n) is 13.9. The van der Waals surface area contributed by atoms with Crippen LogP contribution in [0.3, 0.4) is 0 Å². The van der Waals surface area contributed by atoms with Gasteiger partial charge in [0.05, 0.1) is 0 Å². The lowest BCUT2D eigenvalue weighted by atomic mass is 9.90. The van der Waals surface area contributed by atoms with Crippen LogP contribution in [0, 0.1) is 0 Å². The summed E-state index contributed by atoms with van der Waals surface area (Å²) < 4.78 is 5.97. The Balaban J connectivity index is 1.77. The minimum atomic E-state index is 0.609. The van der Waals surface area contributed by atoms with Crippen molar-refractivity contribution < 1.29 is 4.42 Å². The fourth-order valence-electron chi connectivity index (χ4n) is 3.56. The van der Waals surface area contributed by atoms with Gasteiger partial charge in [-0.25, -0.2) is 4.98 Å². The van der Waals surface area contributed by atoms with Crippen molar-refractivity contribution in [2.75, 3.05) is 33.7 Å². The number of nitrogens with zero attached hydrogens (tertiary/aromatic N) is 2. The number of likely N-dealkylation sites (N-methyl/N-ethyl adjacent to an activating group) is 1. The first-order valence-electron chi connectivity index (χ1n) is 8.47. The summed E-state index contributed by atoms with van der Waals surface area (Å²) in [4.78, 5) is 10.4. The van der Waals surface area contributed by atoms with Crippen LogP contribution < -0.4 is 5.32 Å². The number of piperidine rings is 1. The second-order valence-corrected chi connectivity index (χ2v) is 6.76. The highest BCUT2D eigenvalue weighted by atomic mass is 16.3. The first kappa shape index (κ1) is 14.7. The van der Waals surface area contributed by atoms with Crippen molar-refractivity contribution in [2.45, 2.75) is 25.2 Å². The molecule has 23 heavy (non-hydrogen) atoms. The van der Waals surface area contributed by atoms with Crippen LogP contribution in [0.25, 0.3) is 22.0 Å². The maximum atomic E-state index is 5.97. The molecule has 2 N–H and O–H groups in total. The fraction of sp³-hybridized carbons (Fsp3) is 0.500. The van der Waals surface area contributed by atoms with Crippen LogP contribution in [0.1, 0.15) is 30.2 Å². The predicted molar refractivity (Wildman–Crippen MR) is 93.0 cm³/mol. The maximum Gasteiger partial charge on any atom is 0.196 e. The Hall–Kier alpha value is -1.85. The molecule has 5 heteroatoms. The van der Waals surface area contributed by atoms with E-state index in [4.69, 9.17) is 9.40 Å². The summed E-state index contributed by atoms with van der Waals surface area (Å²) in [5.41, 5.74) is 4.49. The summed E-state index contributed by atoms with van der Waals surface area (Å²) in [6.07, 6.45) is 5.40. The topological polar surface area (TPSA) is 57.1 Å². The minimum absolute atomic E-state index is 0.609. The number of rotatable bonds is 4. The number of aromatic amines is 1. The van der Waals surface area contributed by atoms with E-state index in [-0.39, 0.29) is 0 Å². The normalized spacial score (nSPS) is 16.8. The monoisotopic (exact) mass is 312 g/mol. The van der Waals surface area contributed by atoms with Gasteiger partial charge in [-0.2, -0.15) is 0 Å². The molecule has 0 amide bonds. The van der Waals surface area contributed by atoms with Gasteiger partial charge in [0.1, 0.15) is 5.52 Å². The van der Waals surface area contributed by atoms with E-state index in [0.717, 1.165) is 43.0 Å². The van der Waals surface area contributed by atoms with Crippen LogP contribution in [-0.4, -0.2) is 48.6 Å². The van der Waals surface area contributed by atoms with Crippen molar-refractivity contribution in [3.63, 3.8) is 0 Å². The standard InChI is InChI=1S/C18H24N4O/c1-22(2)10-7-16-21-18-15(23-16)4-3-14-17(18)13(11-20-14)12-5-8-19-9-6-12/h3-4,11-12,19-20H,5-10H2,1-2H3. The molecule has 0 unspecified atom stereocenters. The molecule has 1 saturated heterocycles. The van der Waals surface area contributed by atoms with Crippen molar-refractivity contribution in [2.24, 2.45) is 0 Å². The van der Waals surface area contributed by atoms with E-state index in [1.165, 1.54) is 29.3 Å². The molecular weight excluding hydrogens is 288 g/mol. The Labute approximate surface area is 136 Å². The van der Waals surface area contributed by atoms with E-state index in [2.05, 4.69) is 41.6 Å². The summed E-state index contributed by atoms with van der Waals surface area (Å²) >= 11 is 0. The third-order valence-corrected chi connectivity index (χ3v) is 4.83. The predicted octanol–water partition coefficient (Wildman–Crippen LogP) is 2.88. The number of fused-ring (bicyclic) bond motifs is 3. The molecule has 4 rings (SSSR count). The van der Waals surface area contributed by atoms with E-state index >= 15 is 0 Å². The molecule has 5 nitrogen and oxygen atoms in total. The van der Waals surface area contributed by atoms with Crippen LogP contribution >= 0.6 is 0 Å². The van der Waals surface area contributed by atoms with Gasteiger partial charge < -0.3 is 19.6 Å². The average Bonchev–Trinajstić information content (AvgIpc) is 3.16. The molecule has 3 heterocycles. The average molecular weight is 312 g/mol. The highest BCUT2D eigenvalue weighted by Crippen LogP contribution is 2.35. The summed E-state index contributed by atoms with van der Waals surface area (Å²) in [5.74, 6) is 1.44. The molecule has 0 bridgehead atoms. The Morgan fingerprint density at radius 2 is 2.09 bits per heavy atom. The van der Waals surface area contributed by atoms with E-state index in [1.54, 1.807) is 0 Å². The molecule has 3 aromatic rings. The van der Waals surface area contributed by atoms with Gasteiger partial charge in [0.15, 0.2) is 11.5 Å². The maximum absolute atomic E-state index is 5.97. The molecule has 2 aromatic heterocycles. The number of hydrogen-bond donors (Lipinski definition) is 2. The number of nitrogens with one attached hydrogen (secondary N) is 2. The first-order chi connectivity index (χ1) is 11.2. The van der Waals surface area contributed by atoms with Crippen LogP contribution in [0.2, 0.25) is 0 Å². The Kier molecular flexibility index (Phi) is 3.83. The van der Waals surface area contributed by atoms with Gasteiger partial charge in [-0.05, 0) is 63.6 Å². The highest BCUT2D eigenvalue weighted by Gasteiger charge is 2.21. The molecule has 0 atom stereocenters. The molecule has 1 aliphatic rings. The highest BCUT2D eigenvalue weighted by molar-refractivity contribution is 6.04. The van der Waals surface area contributed by atoms with E-state index < -0.39 is 0 Å². The lowest BCUT2D eigenvalue weighted by Gasteiger charge is -2.22. The number of aromatic nitrogens is 2. The number of H-pyrrole nitrogens is 1. The Bertz CT molecular complexity index is 811. The van der Waals surface area contributed by atoms with Crippen molar-refractivity contribution in [1.29, 1.82) is 0 Å². The SMILES string of the molecule is CN(C)CCc1nc2c(ccc3[nH]cc(C4CCNCC4)c32)o1. The van der Waals surface area contributed by atoms with Gasteiger partial charge in [-0.15, -0.1) is 0 Å². The van der Waals surface area contributed by atoms with Crippen molar-refractivity contribution >= 4 is 22.0 Å². The Morgan fingerprint density at radius 1 is 1.26 bits per heavy atom. The van der Waals surface area contributed by atoms with Crippen LogP contribution in [0.4, 0.5) is 0 Å². The zero-order valence-corrected chi connectivity index (χ0v) is 13.9. The van der Waals surface area contributed by atoms with Crippen molar-refractivity contribution in [3.05, 3.63) is 29.8 Å². The van der Waals surface area contributed by atoms with Crippen LogP contribution in [0.5, 0.6) is 0 Å². The quantitative estimate of drug-likeness (QED) is 0.778. The van der Waals surface area contributed by atoms with Gasteiger partial charge in [0.2, 0.25) is 0 Å². The summed E-state index contributed by atoms with van der Waals surface area (Å²) in [6, 6.07) is 4.15. The molecule has 0 saturated carbocycles. The molecule has 1 aromatic carbocycles. The van der Waals surface area contributed by atoms with Crippen molar-refractivity contribution in [1.82, 2.24) is 20.2 Å². The second kappa shape index (κ2) is 5.98. The minimum Gasteiger partial charge on any atom is -0.441 e. The van der Waals surface area contributed by atoms with Gasteiger partial charge in [-0.3, -0.25) is 0 Å². The Morgan fingerprint density at radius 3 is 2.87 bits per heavy atom. The third-order valence-electron chi connectivity index (χ3n) is 4.83. The van der Waals surface area contributed by atoms with Crippen LogP contribution in [0.15, 0.2) is 22.7 Å². The van der Waals surface area contributed by atoms with Crippen LogP contribution in [-0.2, 0) is 6.42 Å². The molecule has 1 aliphatic heterocycles. The molecule has 1 fully saturated rings. The van der Waals surface area contributed by atoms with E-state index in [1.807, 2.05) is 6.07 Å². The smallest absolute Gasteiger partial charge is 0.196 e. The zero-order chi connectivity index (χ0) is 15.8. The summed E-state index contributed by atoms with van der Waals surface area (Å²) in [6.45, 7) is 3.14. The third kappa shape index (κ3) is 2.75. The van der Waals surface area contributed by atoms with Crippen molar-refractivity contribution in [3.8, 4) is 0 Å². The summed E-state index contributed by atoms with van der Waals surface area (Å²) in [7, 11) is 4.14. The van der Waals surface area contributed by atoms with E-state index in [0.29, 0.717) is 5.92 Å². The largest absolute Gasteiger partial charge is 0.441 e. The second-order valence-electron chi connectivity index (χ2n) is 6.76.